The summed E-state index contributed by atoms with van der Waals surface area (Å²) in [6, 6.07) is 15.2. The fourth-order valence-electron chi connectivity index (χ4n) is 5.59. The first kappa shape index (κ1) is 16.8. The first-order valence-electron chi connectivity index (χ1n) is 10.5. The number of pyridine rings is 1. The van der Waals surface area contributed by atoms with E-state index in [0.29, 0.717) is 11.8 Å². The Hall–Kier alpha value is -3.13. The van der Waals surface area contributed by atoms with Gasteiger partial charge in [0, 0.05) is 21.9 Å². The minimum absolute atomic E-state index is 0.655. The summed E-state index contributed by atoms with van der Waals surface area (Å²) in [7, 11) is 0. The van der Waals surface area contributed by atoms with Gasteiger partial charge >= 0.3 is 0 Å². The van der Waals surface area contributed by atoms with Crippen molar-refractivity contribution in [2.24, 2.45) is 0 Å². The predicted octanol–water partition coefficient (Wildman–Crippen LogP) is 7.52. The van der Waals surface area contributed by atoms with Crippen LogP contribution in [0.4, 0.5) is 0 Å². The van der Waals surface area contributed by atoms with Crippen LogP contribution in [0.3, 0.4) is 0 Å². The molecule has 0 radical (unpaired) electrons. The van der Waals surface area contributed by atoms with Gasteiger partial charge in [-0.25, -0.2) is 4.98 Å². The monoisotopic (exact) mass is 377 g/mol. The molecule has 0 amide bonds. The maximum absolute atomic E-state index is 6.11. The Bertz CT molecular complexity index is 1320. The molecule has 2 aromatic carbocycles. The zero-order valence-corrected chi connectivity index (χ0v) is 16.6. The van der Waals surface area contributed by atoms with Gasteiger partial charge in [0.1, 0.15) is 11.3 Å². The Morgan fingerprint density at radius 1 is 1.03 bits per heavy atom. The predicted molar refractivity (Wildman–Crippen MR) is 120 cm³/mol. The van der Waals surface area contributed by atoms with Gasteiger partial charge < -0.3 is 4.42 Å². The Balaban J connectivity index is 1.59. The van der Waals surface area contributed by atoms with Crippen molar-refractivity contribution in [1.82, 2.24) is 4.98 Å². The molecule has 6 rings (SSSR count). The molecule has 2 heterocycles. The Labute approximate surface area is 170 Å². The summed E-state index contributed by atoms with van der Waals surface area (Å²) >= 11 is 0. The van der Waals surface area contributed by atoms with Gasteiger partial charge in [-0.3, -0.25) is 0 Å². The lowest BCUT2D eigenvalue weighted by Crippen LogP contribution is -2.04. The first-order chi connectivity index (χ1) is 14.2. The highest BCUT2D eigenvalue weighted by Crippen LogP contribution is 2.57. The highest BCUT2D eigenvalue weighted by atomic mass is 16.3. The molecule has 0 spiro atoms. The second kappa shape index (κ2) is 6.18. The summed E-state index contributed by atoms with van der Waals surface area (Å²) in [6.07, 6.45) is 9.73. The number of hydrogen-bond donors (Lipinski definition) is 0. The molecule has 0 saturated heterocycles. The topological polar surface area (TPSA) is 26.0 Å². The third-order valence-electron chi connectivity index (χ3n) is 6.81. The molecule has 2 aliphatic rings. The van der Waals surface area contributed by atoms with Crippen LogP contribution in [0.25, 0.3) is 39.2 Å². The van der Waals surface area contributed by atoms with E-state index in [1.54, 1.807) is 11.6 Å². The van der Waals surface area contributed by atoms with Crippen molar-refractivity contribution in [3.05, 3.63) is 83.6 Å². The second-order valence-electron chi connectivity index (χ2n) is 8.39. The van der Waals surface area contributed by atoms with Gasteiger partial charge in [0.25, 0.3) is 0 Å². The quantitative estimate of drug-likeness (QED) is 0.345. The van der Waals surface area contributed by atoms with E-state index in [0.717, 1.165) is 33.5 Å². The third-order valence-corrected chi connectivity index (χ3v) is 6.81. The average Bonchev–Trinajstić information content (AvgIpc) is 3.44. The Morgan fingerprint density at radius 3 is 2.72 bits per heavy atom. The van der Waals surface area contributed by atoms with E-state index in [4.69, 9.17) is 9.40 Å². The van der Waals surface area contributed by atoms with Crippen molar-refractivity contribution in [3.63, 3.8) is 0 Å². The number of allylic oxidation sites excluding steroid dienone is 2. The fourth-order valence-corrected chi connectivity index (χ4v) is 5.59. The molecule has 2 nitrogen and oxygen atoms in total. The lowest BCUT2D eigenvalue weighted by molar-refractivity contribution is 0.577. The average molecular weight is 377 g/mol. The number of fused-ring (bicyclic) bond motifs is 8. The number of benzene rings is 2. The lowest BCUT2D eigenvalue weighted by Gasteiger charge is -2.21. The van der Waals surface area contributed by atoms with Crippen LogP contribution in [-0.2, 0) is 0 Å². The van der Waals surface area contributed by atoms with Crippen LogP contribution in [0.5, 0.6) is 0 Å². The van der Waals surface area contributed by atoms with Crippen molar-refractivity contribution in [1.29, 1.82) is 0 Å². The number of aryl methyl sites for hydroxylation is 1. The number of rotatable bonds is 3. The zero-order valence-electron chi connectivity index (χ0n) is 16.6. The van der Waals surface area contributed by atoms with Crippen molar-refractivity contribution in [2.75, 3.05) is 0 Å². The molecule has 2 unspecified atom stereocenters. The van der Waals surface area contributed by atoms with Crippen LogP contribution < -0.4 is 0 Å². The molecule has 2 atom stereocenters. The van der Waals surface area contributed by atoms with Gasteiger partial charge in [-0.2, -0.15) is 0 Å². The number of furan rings is 1. The molecular weight excluding hydrogens is 354 g/mol. The van der Waals surface area contributed by atoms with Gasteiger partial charge in [0.05, 0.1) is 11.2 Å². The molecule has 1 saturated carbocycles. The summed E-state index contributed by atoms with van der Waals surface area (Å²) in [4.78, 5) is 5.15. The van der Waals surface area contributed by atoms with E-state index in [1.807, 2.05) is 13.0 Å². The van der Waals surface area contributed by atoms with E-state index in [-0.39, 0.29) is 0 Å². The maximum Gasteiger partial charge on any atom is 0.135 e. The minimum atomic E-state index is 0.655. The number of para-hydroxylation sites is 1. The standard InChI is InChI=1S/C27H23NO/c1-3-4-7-20-16(2)29-24-15-19(12-13-21(20)24)27-26-18-11-10-17(14-18)25(26)22-8-5-6-9-23(22)28-27/h3-9,12-13,15,17-18H,1,10-11,14H2,2H3/b7-4-. The smallest absolute Gasteiger partial charge is 0.135 e. The van der Waals surface area contributed by atoms with Crippen LogP contribution >= 0.6 is 0 Å². The fraction of sp³-hybridized carbons (Fsp3) is 0.222. The maximum atomic E-state index is 6.11. The summed E-state index contributed by atoms with van der Waals surface area (Å²) < 4.78 is 6.11. The van der Waals surface area contributed by atoms with Crippen LogP contribution in [0, 0.1) is 6.92 Å². The minimum Gasteiger partial charge on any atom is -0.461 e. The van der Waals surface area contributed by atoms with Gasteiger partial charge in [0.2, 0.25) is 0 Å². The summed E-state index contributed by atoms with van der Waals surface area (Å²) in [5, 5.41) is 2.49. The van der Waals surface area contributed by atoms with Crippen LogP contribution in [-0.4, -0.2) is 4.98 Å². The molecule has 142 valence electrons. The van der Waals surface area contributed by atoms with Crippen molar-refractivity contribution in [2.45, 2.75) is 38.0 Å². The molecule has 1 fully saturated rings. The van der Waals surface area contributed by atoms with Gasteiger partial charge in [-0.1, -0.05) is 49.1 Å². The van der Waals surface area contributed by atoms with Crippen LogP contribution in [0.1, 0.15) is 53.5 Å². The molecule has 0 N–H and O–H groups in total. The largest absolute Gasteiger partial charge is 0.461 e. The van der Waals surface area contributed by atoms with Gasteiger partial charge in [-0.15, -0.1) is 0 Å². The van der Waals surface area contributed by atoms with Crippen molar-refractivity contribution in [3.8, 4) is 11.3 Å². The third kappa shape index (κ3) is 2.38. The van der Waals surface area contributed by atoms with E-state index < -0.39 is 0 Å². The first-order valence-corrected chi connectivity index (χ1v) is 10.5. The molecular formula is C27H23NO. The molecule has 2 heteroatoms. The highest BCUT2D eigenvalue weighted by molar-refractivity contribution is 5.94. The van der Waals surface area contributed by atoms with Crippen molar-refractivity contribution >= 4 is 27.9 Å². The SMILES string of the molecule is C=C/C=C\c1c(C)oc2cc(-c3nc4ccccc4c4c3C3CCC4C3)ccc12. The zero-order chi connectivity index (χ0) is 19.5. The van der Waals surface area contributed by atoms with Crippen molar-refractivity contribution < 1.29 is 4.42 Å². The molecule has 0 aliphatic heterocycles. The summed E-state index contributed by atoms with van der Waals surface area (Å²) in [5.41, 5.74) is 8.54. The lowest BCUT2D eigenvalue weighted by atomic mass is 9.86. The van der Waals surface area contributed by atoms with Gasteiger partial charge in [0.15, 0.2) is 0 Å². The van der Waals surface area contributed by atoms with E-state index >= 15 is 0 Å². The Kier molecular flexibility index (Phi) is 3.58. The molecule has 29 heavy (non-hydrogen) atoms. The van der Waals surface area contributed by atoms with Crippen LogP contribution in [0.2, 0.25) is 0 Å². The van der Waals surface area contributed by atoms with E-state index in [9.17, 15) is 0 Å². The normalized spacial score (nSPS) is 20.2. The highest BCUT2D eigenvalue weighted by Gasteiger charge is 2.40. The van der Waals surface area contributed by atoms with Gasteiger partial charge in [-0.05, 0) is 67.3 Å². The Morgan fingerprint density at radius 2 is 1.86 bits per heavy atom. The molecule has 2 bridgehead atoms. The van der Waals surface area contributed by atoms with E-state index in [2.05, 4.69) is 55.1 Å². The number of hydrogen-bond acceptors (Lipinski definition) is 2. The molecule has 4 aromatic rings. The van der Waals surface area contributed by atoms with Crippen LogP contribution in [0.15, 0.2) is 65.6 Å². The number of aromatic nitrogens is 1. The summed E-state index contributed by atoms with van der Waals surface area (Å²) in [5.74, 6) is 2.29. The molecule has 2 aliphatic carbocycles. The molecule has 2 aromatic heterocycles. The summed E-state index contributed by atoms with van der Waals surface area (Å²) in [6.45, 7) is 5.80. The number of nitrogens with zero attached hydrogens (tertiary/aromatic N) is 1. The second-order valence-corrected chi connectivity index (χ2v) is 8.39. The van der Waals surface area contributed by atoms with E-state index in [1.165, 1.54) is 35.8 Å².